The van der Waals surface area contributed by atoms with Crippen molar-refractivity contribution in [3.05, 3.63) is 29.8 Å². The normalized spacial score (nSPS) is 15.5. The second-order valence-electron chi connectivity index (χ2n) is 3.59. The number of nitrogens with two attached hydrogens (primary N) is 1. The fraction of sp³-hybridized carbons (Fsp3) is 0.364. The Morgan fingerprint density at radius 1 is 1.33 bits per heavy atom. The number of thiocarbonyl (C=S) groups is 1. The van der Waals surface area contributed by atoms with Crippen molar-refractivity contribution in [2.45, 2.75) is 6.42 Å². The van der Waals surface area contributed by atoms with E-state index in [-0.39, 0.29) is 0 Å². The lowest BCUT2D eigenvalue weighted by Crippen LogP contribution is -2.27. The number of hydrogen-bond donors (Lipinski definition) is 2. The summed E-state index contributed by atoms with van der Waals surface area (Å²) in [5, 5.41) is 3.97. The summed E-state index contributed by atoms with van der Waals surface area (Å²) < 4.78 is 0. The number of nitrogens with one attached hydrogen (secondary N) is 1. The Balaban J connectivity index is 2.12. The minimum Gasteiger partial charge on any atom is -0.360 e. The molecule has 4 heteroatoms. The minimum absolute atomic E-state index is 0.697. The highest BCUT2D eigenvalue weighted by Gasteiger charge is 2.16. The SMILES string of the molecule is NCCc1ccc(N2CCNC2=S)cc1. The molecule has 1 saturated heterocycles. The molecule has 0 radical (unpaired) electrons. The molecule has 1 aromatic carbocycles. The third-order valence-electron chi connectivity index (χ3n) is 2.54. The highest BCUT2D eigenvalue weighted by molar-refractivity contribution is 7.80. The van der Waals surface area contributed by atoms with Gasteiger partial charge in [0.25, 0.3) is 0 Å². The van der Waals surface area contributed by atoms with Crippen LogP contribution in [0.2, 0.25) is 0 Å². The summed E-state index contributed by atoms with van der Waals surface area (Å²) >= 11 is 5.20. The van der Waals surface area contributed by atoms with Gasteiger partial charge in [-0.25, -0.2) is 0 Å². The smallest absolute Gasteiger partial charge is 0.173 e. The van der Waals surface area contributed by atoms with Gasteiger partial charge in [-0.05, 0) is 42.9 Å². The van der Waals surface area contributed by atoms with E-state index in [9.17, 15) is 0 Å². The molecular weight excluding hydrogens is 206 g/mol. The van der Waals surface area contributed by atoms with Crippen LogP contribution in [0.15, 0.2) is 24.3 Å². The van der Waals surface area contributed by atoms with Gasteiger partial charge in [-0.3, -0.25) is 0 Å². The maximum absolute atomic E-state index is 5.50. The molecule has 0 amide bonds. The van der Waals surface area contributed by atoms with Crippen LogP contribution < -0.4 is 16.0 Å². The lowest BCUT2D eigenvalue weighted by atomic mass is 10.1. The first-order valence-electron chi connectivity index (χ1n) is 5.15. The molecule has 80 valence electrons. The van der Waals surface area contributed by atoms with Crippen LogP contribution in [0.25, 0.3) is 0 Å². The molecule has 3 N–H and O–H groups in total. The molecule has 1 aromatic rings. The molecule has 0 aromatic heterocycles. The molecule has 0 bridgehead atoms. The third-order valence-corrected chi connectivity index (χ3v) is 2.90. The maximum Gasteiger partial charge on any atom is 0.173 e. The van der Waals surface area contributed by atoms with Gasteiger partial charge < -0.3 is 16.0 Å². The van der Waals surface area contributed by atoms with Gasteiger partial charge in [0, 0.05) is 18.8 Å². The predicted molar refractivity (Wildman–Crippen MR) is 67.1 cm³/mol. The number of anilines is 1. The van der Waals surface area contributed by atoms with Gasteiger partial charge in [0.1, 0.15) is 0 Å². The van der Waals surface area contributed by atoms with Gasteiger partial charge in [-0.2, -0.15) is 0 Å². The Morgan fingerprint density at radius 3 is 2.60 bits per heavy atom. The molecule has 1 aliphatic rings. The van der Waals surface area contributed by atoms with Crippen LogP contribution in [0.1, 0.15) is 5.56 Å². The van der Waals surface area contributed by atoms with Crippen LogP contribution in [0.4, 0.5) is 5.69 Å². The number of benzene rings is 1. The zero-order valence-electron chi connectivity index (χ0n) is 8.57. The lowest BCUT2D eigenvalue weighted by Gasteiger charge is -2.16. The summed E-state index contributed by atoms with van der Waals surface area (Å²) in [4.78, 5) is 2.11. The first-order chi connectivity index (χ1) is 7.31. The molecule has 0 atom stereocenters. The molecule has 1 heterocycles. The van der Waals surface area contributed by atoms with E-state index >= 15 is 0 Å². The average molecular weight is 221 g/mol. The van der Waals surface area contributed by atoms with E-state index in [0.717, 1.165) is 30.3 Å². The van der Waals surface area contributed by atoms with Crippen molar-refractivity contribution in [2.24, 2.45) is 5.73 Å². The van der Waals surface area contributed by atoms with Crippen LogP contribution in [-0.2, 0) is 6.42 Å². The minimum atomic E-state index is 0.697. The number of rotatable bonds is 3. The van der Waals surface area contributed by atoms with Crippen LogP contribution >= 0.6 is 12.2 Å². The number of nitrogens with zero attached hydrogens (tertiary/aromatic N) is 1. The number of hydrogen-bond acceptors (Lipinski definition) is 2. The van der Waals surface area contributed by atoms with E-state index in [1.54, 1.807) is 0 Å². The molecule has 1 aliphatic heterocycles. The van der Waals surface area contributed by atoms with Gasteiger partial charge in [0.2, 0.25) is 0 Å². The summed E-state index contributed by atoms with van der Waals surface area (Å²) in [6, 6.07) is 8.43. The summed E-state index contributed by atoms with van der Waals surface area (Å²) in [6.45, 7) is 2.58. The van der Waals surface area contributed by atoms with Crippen molar-refractivity contribution in [1.82, 2.24) is 5.32 Å². The van der Waals surface area contributed by atoms with E-state index < -0.39 is 0 Å². The second-order valence-corrected chi connectivity index (χ2v) is 3.98. The van der Waals surface area contributed by atoms with Crippen LogP contribution in [0, 0.1) is 0 Å². The molecule has 0 saturated carbocycles. The van der Waals surface area contributed by atoms with Gasteiger partial charge in [0.15, 0.2) is 5.11 Å². The third kappa shape index (κ3) is 2.27. The van der Waals surface area contributed by atoms with Crippen molar-refractivity contribution in [1.29, 1.82) is 0 Å². The van der Waals surface area contributed by atoms with Gasteiger partial charge in [-0.15, -0.1) is 0 Å². The summed E-state index contributed by atoms with van der Waals surface area (Å²) in [7, 11) is 0. The van der Waals surface area contributed by atoms with E-state index in [0.29, 0.717) is 6.54 Å². The molecule has 15 heavy (non-hydrogen) atoms. The zero-order valence-corrected chi connectivity index (χ0v) is 9.39. The summed E-state index contributed by atoms with van der Waals surface area (Å²) in [5.74, 6) is 0. The second kappa shape index (κ2) is 4.59. The standard InChI is InChI=1S/C11H15N3S/c12-6-5-9-1-3-10(4-2-9)14-8-7-13-11(14)15/h1-4H,5-8,12H2,(H,13,15). The Morgan fingerprint density at radius 2 is 2.07 bits per heavy atom. The molecule has 0 aliphatic carbocycles. The Bertz CT molecular complexity index is 347. The van der Waals surface area contributed by atoms with E-state index in [4.69, 9.17) is 18.0 Å². The molecule has 1 fully saturated rings. The molecular formula is C11H15N3S. The van der Waals surface area contributed by atoms with Crippen LogP contribution in [0.5, 0.6) is 0 Å². The van der Waals surface area contributed by atoms with Crippen LogP contribution in [-0.4, -0.2) is 24.7 Å². The Labute approximate surface area is 95.3 Å². The van der Waals surface area contributed by atoms with Crippen LogP contribution in [0.3, 0.4) is 0 Å². The van der Waals surface area contributed by atoms with E-state index in [1.165, 1.54) is 5.56 Å². The molecule has 0 spiro atoms. The average Bonchev–Trinajstić information content (AvgIpc) is 2.66. The first kappa shape index (κ1) is 10.4. The van der Waals surface area contributed by atoms with E-state index in [1.807, 2.05) is 0 Å². The van der Waals surface area contributed by atoms with Gasteiger partial charge in [0.05, 0.1) is 0 Å². The van der Waals surface area contributed by atoms with Crippen molar-refractivity contribution in [3.8, 4) is 0 Å². The highest BCUT2D eigenvalue weighted by Crippen LogP contribution is 2.17. The fourth-order valence-corrected chi connectivity index (χ4v) is 2.03. The first-order valence-corrected chi connectivity index (χ1v) is 5.56. The summed E-state index contributed by atoms with van der Waals surface area (Å²) in [5.41, 5.74) is 7.94. The monoisotopic (exact) mass is 221 g/mol. The fourth-order valence-electron chi connectivity index (χ4n) is 1.73. The topological polar surface area (TPSA) is 41.3 Å². The lowest BCUT2D eigenvalue weighted by molar-refractivity contribution is 0.963. The largest absolute Gasteiger partial charge is 0.360 e. The summed E-state index contributed by atoms with van der Waals surface area (Å²) in [6.07, 6.45) is 0.934. The van der Waals surface area contributed by atoms with Gasteiger partial charge in [-0.1, -0.05) is 12.1 Å². The molecule has 2 rings (SSSR count). The molecule has 0 unspecified atom stereocenters. The van der Waals surface area contributed by atoms with Crippen molar-refractivity contribution in [3.63, 3.8) is 0 Å². The Hall–Kier alpha value is -1.13. The van der Waals surface area contributed by atoms with E-state index in [2.05, 4.69) is 34.5 Å². The highest BCUT2D eigenvalue weighted by atomic mass is 32.1. The van der Waals surface area contributed by atoms with Crippen molar-refractivity contribution >= 4 is 23.0 Å². The van der Waals surface area contributed by atoms with Crippen molar-refractivity contribution < 1.29 is 0 Å². The predicted octanol–water partition coefficient (Wildman–Crippen LogP) is 0.882. The maximum atomic E-state index is 5.50. The van der Waals surface area contributed by atoms with Gasteiger partial charge >= 0.3 is 0 Å². The Kier molecular flexibility index (Phi) is 3.18. The molecule has 3 nitrogen and oxygen atoms in total. The quantitative estimate of drug-likeness (QED) is 0.744. The zero-order chi connectivity index (χ0) is 10.7. The van der Waals surface area contributed by atoms with Crippen molar-refractivity contribution in [2.75, 3.05) is 24.5 Å².